The number of methoxy groups -OCH3 is 1. The molecule has 1 aliphatic carbocycles. The van der Waals surface area contributed by atoms with Gasteiger partial charge in [-0.3, -0.25) is 4.79 Å². The molecular formula is C14H20N2O2. The highest BCUT2D eigenvalue weighted by Crippen LogP contribution is 2.25. The average Bonchev–Trinajstić information content (AvgIpc) is 3.15. The second-order valence-corrected chi connectivity index (χ2v) is 4.73. The molecule has 4 heteroatoms. The maximum Gasteiger partial charge on any atom is 0.225 e. The highest BCUT2D eigenvalue weighted by Gasteiger charge is 2.20. The Bertz CT molecular complexity index is 428. The number of carbonyl (C=O) groups is 1. The van der Waals surface area contributed by atoms with E-state index in [0.29, 0.717) is 18.2 Å². The van der Waals surface area contributed by atoms with E-state index in [4.69, 9.17) is 4.74 Å². The molecule has 0 aromatic heterocycles. The molecule has 1 aromatic carbocycles. The van der Waals surface area contributed by atoms with E-state index in [1.165, 1.54) is 12.8 Å². The third-order valence-corrected chi connectivity index (χ3v) is 2.99. The molecule has 1 fully saturated rings. The van der Waals surface area contributed by atoms with Crippen LogP contribution in [0.1, 0.15) is 24.8 Å². The van der Waals surface area contributed by atoms with Gasteiger partial charge >= 0.3 is 0 Å². The molecule has 2 N–H and O–H groups in total. The fraction of sp³-hybridized carbons (Fsp3) is 0.500. The van der Waals surface area contributed by atoms with Crippen LogP contribution in [-0.2, 0) is 4.79 Å². The van der Waals surface area contributed by atoms with Gasteiger partial charge in [-0.1, -0.05) is 6.07 Å². The molecule has 0 bridgehead atoms. The Hall–Kier alpha value is -1.55. The van der Waals surface area contributed by atoms with E-state index in [9.17, 15) is 4.79 Å². The van der Waals surface area contributed by atoms with E-state index >= 15 is 0 Å². The first-order valence-corrected chi connectivity index (χ1v) is 6.37. The van der Waals surface area contributed by atoms with Crippen LogP contribution in [-0.4, -0.2) is 25.6 Å². The highest BCUT2D eigenvalue weighted by molar-refractivity contribution is 5.92. The SMILES string of the molecule is COc1cc(C)ccc1NC(=O)CCNC1CC1. The summed E-state index contributed by atoms with van der Waals surface area (Å²) in [5, 5.41) is 6.20. The minimum absolute atomic E-state index is 0.0188. The van der Waals surface area contributed by atoms with Crippen LogP contribution < -0.4 is 15.4 Å². The van der Waals surface area contributed by atoms with E-state index < -0.39 is 0 Å². The number of carbonyl (C=O) groups excluding carboxylic acids is 1. The summed E-state index contributed by atoms with van der Waals surface area (Å²) in [5.41, 5.74) is 1.85. The number of benzene rings is 1. The van der Waals surface area contributed by atoms with Crippen molar-refractivity contribution in [3.05, 3.63) is 23.8 Å². The first-order valence-electron chi connectivity index (χ1n) is 6.37. The van der Waals surface area contributed by atoms with Crippen LogP contribution in [0.2, 0.25) is 0 Å². The fourth-order valence-corrected chi connectivity index (χ4v) is 1.79. The van der Waals surface area contributed by atoms with Crippen LogP contribution >= 0.6 is 0 Å². The molecule has 2 rings (SSSR count). The number of ether oxygens (including phenoxy) is 1. The van der Waals surface area contributed by atoms with Gasteiger partial charge in [0.05, 0.1) is 12.8 Å². The number of anilines is 1. The molecule has 0 atom stereocenters. The molecule has 18 heavy (non-hydrogen) atoms. The topological polar surface area (TPSA) is 50.4 Å². The Morgan fingerprint density at radius 3 is 2.89 bits per heavy atom. The van der Waals surface area contributed by atoms with Crippen molar-refractivity contribution in [2.45, 2.75) is 32.2 Å². The first-order chi connectivity index (χ1) is 8.69. The van der Waals surface area contributed by atoms with Crippen LogP contribution in [0, 0.1) is 6.92 Å². The molecule has 4 nitrogen and oxygen atoms in total. The second kappa shape index (κ2) is 5.87. The molecule has 1 amide bonds. The Morgan fingerprint density at radius 2 is 2.22 bits per heavy atom. The number of hydrogen-bond donors (Lipinski definition) is 2. The molecule has 0 spiro atoms. The molecule has 0 unspecified atom stereocenters. The van der Waals surface area contributed by atoms with Gasteiger partial charge in [0.25, 0.3) is 0 Å². The van der Waals surface area contributed by atoms with Crippen molar-refractivity contribution in [2.24, 2.45) is 0 Å². The van der Waals surface area contributed by atoms with Crippen molar-refractivity contribution in [3.8, 4) is 5.75 Å². The summed E-state index contributed by atoms with van der Waals surface area (Å²) < 4.78 is 5.25. The van der Waals surface area contributed by atoms with Crippen LogP contribution in [0.3, 0.4) is 0 Å². The van der Waals surface area contributed by atoms with Crippen molar-refractivity contribution >= 4 is 11.6 Å². The minimum atomic E-state index is 0.0188. The number of aryl methyl sites for hydroxylation is 1. The van der Waals surface area contributed by atoms with Gasteiger partial charge in [-0.25, -0.2) is 0 Å². The van der Waals surface area contributed by atoms with Crippen LogP contribution in [0.25, 0.3) is 0 Å². The van der Waals surface area contributed by atoms with Gasteiger partial charge < -0.3 is 15.4 Å². The molecule has 0 heterocycles. The zero-order valence-corrected chi connectivity index (χ0v) is 11.0. The van der Waals surface area contributed by atoms with Crippen LogP contribution in [0.15, 0.2) is 18.2 Å². The average molecular weight is 248 g/mol. The van der Waals surface area contributed by atoms with E-state index in [-0.39, 0.29) is 5.91 Å². The summed E-state index contributed by atoms with van der Waals surface area (Å²) in [7, 11) is 1.61. The predicted molar refractivity (Wildman–Crippen MR) is 72.0 cm³/mol. The van der Waals surface area contributed by atoms with Crippen molar-refractivity contribution in [3.63, 3.8) is 0 Å². The van der Waals surface area contributed by atoms with Crippen LogP contribution in [0.4, 0.5) is 5.69 Å². The summed E-state index contributed by atoms with van der Waals surface area (Å²) in [5.74, 6) is 0.726. The Morgan fingerprint density at radius 1 is 1.44 bits per heavy atom. The number of hydrogen-bond acceptors (Lipinski definition) is 3. The summed E-state index contributed by atoms with van der Waals surface area (Å²) in [6, 6.07) is 6.39. The Labute approximate surface area is 108 Å². The minimum Gasteiger partial charge on any atom is -0.495 e. The zero-order chi connectivity index (χ0) is 13.0. The molecule has 1 aromatic rings. The van der Waals surface area contributed by atoms with E-state index in [1.54, 1.807) is 7.11 Å². The van der Waals surface area contributed by atoms with E-state index in [1.807, 2.05) is 25.1 Å². The molecule has 98 valence electrons. The third-order valence-electron chi connectivity index (χ3n) is 2.99. The first kappa shape index (κ1) is 12.9. The van der Waals surface area contributed by atoms with Crippen molar-refractivity contribution in [1.82, 2.24) is 5.32 Å². The maximum absolute atomic E-state index is 11.8. The summed E-state index contributed by atoms with van der Waals surface area (Å²) >= 11 is 0. The zero-order valence-electron chi connectivity index (χ0n) is 11.0. The molecule has 0 saturated heterocycles. The van der Waals surface area contributed by atoms with Gasteiger partial charge in [0.2, 0.25) is 5.91 Å². The van der Waals surface area contributed by atoms with Gasteiger partial charge in [0, 0.05) is 19.0 Å². The highest BCUT2D eigenvalue weighted by atomic mass is 16.5. The number of amides is 1. The normalized spacial score (nSPS) is 14.3. The third kappa shape index (κ3) is 3.74. The quantitative estimate of drug-likeness (QED) is 0.810. The van der Waals surface area contributed by atoms with Gasteiger partial charge in [0.1, 0.15) is 5.75 Å². The summed E-state index contributed by atoms with van der Waals surface area (Å²) in [6.45, 7) is 2.73. The second-order valence-electron chi connectivity index (χ2n) is 4.73. The summed E-state index contributed by atoms with van der Waals surface area (Å²) in [4.78, 5) is 11.8. The van der Waals surface area contributed by atoms with Crippen molar-refractivity contribution in [2.75, 3.05) is 19.0 Å². The lowest BCUT2D eigenvalue weighted by molar-refractivity contribution is -0.116. The monoisotopic (exact) mass is 248 g/mol. The Kier molecular flexibility index (Phi) is 4.20. The predicted octanol–water partition coefficient (Wildman–Crippen LogP) is 2.08. The standard InChI is InChI=1S/C14H20N2O2/c1-10-3-6-12(13(9-10)18-2)16-14(17)7-8-15-11-4-5-11/h3,6,9,11,15H,4-5,7-8H2,1-2H3,(H,16,17). The lowest BCUT2D eigenvalue weighted by Gasteiger charge is -2.11. The van der Waals surface area contributed by atoms with Gasteiger partial charge in [-0.2, -0.15) is 0 Å². The number of nitrogens with one attached hydrogen (secondary N) is 2. The molecule has 1 aliphatic rings. The molecular weight excluding hydrogens is 228 g/mol. The maximum atomic E-state index is 11.8. The largest absolute Gasteiger partial charge is 0.495 e. The van der Waals surface area contributed by atoms with Crippen molar-refractivity contribution in [1.29, 1.82) is 0 Å². The lowest BCUT2D eigenvalue weighted by atomic mass is 10.2. The summed E-state index contributed by atoms with van der Waals surface area (Å²) in [6.07, 6.45) is 2.98. The molecule has 0 radical (unpaired) electrons. The van der Waals surface area contributed by atoms with Gasteiger partial charge in [-0.15, -0.1) is 0 Å². The Balaban J connectivity index is 1.84. The fourth-order valence-electron chi connectivity index (χ4n) is 1.79. The number of rotatable bonds is 6. The molecule has 0 aliphatic heterocycles. The van der Waals surface area contributed by atoms with E-state index in [0.717, 1.165) is 17.8 Å². The lowest BCUT2D eigenvalue weighted by Crippen LogP contribution is -2.23. The smallest absolute Gasteiger partial charge is 0.225 e. The molecule has 1 saturated carbocycles. The van der Waals surface area contributed by atoms with Crippen molar-refractivity contribution < 1.29 is 9.53 Å². The van der Waals surface area contributed by atoms with Gasteiger partial charge in [-0.05, 0) is 37.5 Å². The van der Waals surface area contributed by atoms with Gasteiger partial charge in [0.15, 0.2) is 0 Å². The van der Waals surface area contributed by atoms with E-state index in [2.05, 4.69) is 10.6 Å². The van der Waals surface area contributed by atoms with Crippen LogP contribution in [0.5, 0.6) is 5.75 Å².